The van der Waals surface area contributed by atoms with Gasteiger partial charge in [-0.1, -0.05) is 49.9 Å². The third kappa shape index (κ3) is 2.46. The normalized spacial score (nSPS) is 12.8. The summed E-state index contributed by atoms with van der Waals surface area (Å²) in [5.41, 5.74) is 2.23. The Balaban J connectivity index is 2.31. The van der Waals surface area contributed by atoms with Crippen molar-refractivity contribution in [1.82, 2.24) is 14.5 Å². The lowest BCUT2D eigenvalue weighted by Gasteiger charge is -2.13. The first-order valence-corrected chi connectivity index (χ1v) is 8.32. The van der Waals surface area contributed by atoms with Gasteiger partial charge < -0.3 is 4.98 Å². The Labute approximate surface area is 133 Å². The monoisotopic (exact) mass is 313 g/mol. The average Bonchev–Trinajstić information content (AvgIpc) is 2.90. The Morgan fingerprint density at radius 3 is 2.95 bits per heavy atom. The molecule has 5 heteroatoms. The zero-order valence-electron chi connectivity index (χ0n) is 12.8. The van der Waals surface area contributed by atoms with Gasteiger partial charge in [-0.25, -0.2) is 4.98 Å². The molecule has 0 radical (unpaired) electrons. The lowest BCUT2D eigenvalue weighted by atomic mass is 10.2. The van der Waals surface area contributed by atoms with Crippen molar-refractivity contribution in [1.29, 1.82) is 0 Å². The van der Waals surface area contributed by atoms with Crippen molar-refractivity contribution < 1.29 is 0 Å². The molecule has 2 aromatic heterocycles. The van der Waals surface area contributed by atoms with E-state index in [1.54, 1.807) is 22.4 Å². The summed E-state index contributed by atoms with van der Waals surface area (Å²) in [6, 6.07) is 7.88. The first-order chi connectivity index (χ1) is 10.7. The van der Waals surface area contributed by atoms with Crippen LogP contribution in [0.5, 0.6) is 0 Å². The fraction of sp³-hybridized carbons (Fsp3) is 0.294. The predicted octanol–water partition coefficient (Wildman–Crippen LogP) is 3.95. The fourth-order valence-corrected chi connectivity index (χ4v) is 3.37. The van der Waals surface area contributed by atoms with Gasteiger partial charge in [-0.15, -0.1) is 6.58 Å². The zero-order valence-corrected chi connectivity index (χ0v) is 13.6. The molecule has 114 valence electrons. The molecule has 0 saturated heterocycles. The average molecular weight is 313 g/mol. The quantitative estimate of drug-likeness (QED) is 0.441. The largest absolute Gasteiger partial charge is 0.349 e. The van der Waals surface area contributed by atoms with Crippen molar-refractivity contribution >= 4 is 33.7 Å². The van der Waals surface area contributed by atoms with Gasteiger partial charge in [0.25, 0.3) is 5.56 Å². The molecule has 2 heterocycles. The first kappa shape index (κ1) is 14.9. The Morgan fingerprint density at radius 1 is 1.45 bits per heavy atom. The second-order valence-corrected chi connectivity index (χ2v) is 6.74. The Bertz CT molecular complexity index is 894. The highest BCUT2D eigenvalue weighted by Gasteiger charge is 2.16. The molecule has 1 N–H and O–H groups in total. The van der Waals surface area contributed by atoms with E-state index in [4.69, 9.17) is 4.98 Å². The number of aromatic amines is 1. The van der Waals surface area contributed by atoms with Gasteiger partial charge in [0.2, 0.25) is 0 Å². The van der Waals surface area contributed by atoms with Crippen molar-refractivity contribution in [3.05, 3.63) is 47.3 Å². The van der Waals surface area contributed by atoms with E-state index in [2.05, 4.69) is 25.4 Å². The number of aromatic nitrogens is 3. The molecule has 0 aliphatic rings. The van der Waals surface area contributed by atoms with Crippen LogP contribution in [0.1, 0.15) is 20.3 Å². The molecule has 0 fully saturated rings. The van der Waals surface area contributed by atoms with Crippen LogP contribution in [0.3, 0.4) is 0 Å². The maximum absolute atomic E-state index is 12.8. The number of hydrogen-bond donors (Lipinski definition) is 1. The van der Waals surface area contributed by atoms with Gasteiger partial charge in [0.1, 0.15) is 11.0 Å². The molecular formula is C17H19N3OS. The van der Waals surface area contributed by atoms with E-state index >= 15 is 0 Å². The van der Waals surface area contributed by atoms with Crippen LogP contribution in [-0.4, -0.2) is 19.8 Å². The van der Waals surface area contributed by atoms with Crippen LogP contribution in [0, 0.1) is 0 Å². The molecule has 0 amide bonds. The van der Waals surface area contributed by atoms with Crippen LogP contribution in [0.25, 0.3) is 21.9 Å². The summed E-state index contributed by atoms with van der Waals surface area (Å²) < 4.78 is 1.70. The number of para-hydroxylation sites is 1. The smallest absolute Gasteiger partial charge is 0.278 e. The summed E-state index contributed by atoms with van der Waals surface area (Å²) in [6.45, 7) is 8.51. The number of benzene rings is 1. The molecule has 3 rings (SSSR count). The second-order valence-electron chi connectivity index (χ2n) is 5.33. The lowest BCUT2D eigenvalue weighted by Crippen LogP contribution is -2.23. The number of H-pyrrole nitrogens is 1. The molecule has 1 atom stereocenters. The summed E-state index contributed by atoms with van der Waals surface area (Å²) in [6.07, 6.45) is 2.76. The number of thioether (sulfide) groups is 1. The minimum Gasteiger partial charge on any atom is -0.349 e. The Hall–Kier alpha value is -2.01. The van der Waals surface area contributed by atoms with E-state index in [-0.39, 0.29) is 5.56 Å². The number of hydrogen-bond acceptors (Lipinski definition) is 3. The van der Waals surface area contributed by atoms with Crippen molar-refractivity contribution in [3.63, 3.8) is 0 Å². The summed E-state index contributed by atoms with van der Waals surface area (Å²) >= 11 is 1.64. The van der Waals surface area contributed by atoms with Crippen molar-refractivity contribution in [2.75, 3.05) is 0 Å². The first-order valence-electron chi connectivity index (χ1n) is 7.44. The number of rotatable bonds is 5. The van der Waals surface area contributed by atoms with Crippen LogP contribution < -0.4 is 5.56 Å². The van der Waals surface area contributed by atoms with Crippen LogP contribution in [0.2, 0.25) is 0 Å². The Morgan fingerprint density at radius 2 is 2.23 bits per heavy atom. The molecule has 4 nitrogen and oxygen atoms in total. The minimum absolute atomic E-state index is 0.0353. The molecule has 0 unspecified atom stereocenters. The minimum atomic E-state index is -0.0353. The fourth-order valence-electron chi connectivity index (χ4n) is 2.42. The molecule has 0 saturated carbocycles. The van der Waals surface area contributed by atoms with Gasteiger partial charge in [0.05, 0.1) is 0 Å². The summed E-state index contributed by atoms with van der Waals surface area (Å²) in [4.78, 5) is 20.8. The Kier molecular flexibility index (Phi) is 4.07. The summed E-state index contributed by atoms with van der Waals surface area (Å²) in [7, 11) is 0. The maximum Gasteiger partial charge on any atom is 0.278 e. The third-order valence-electron chi connectivity index (χ3n) is 3.77. The van der Waals surface area contributed by atoms with Gasteiger partial charge >= 0.3 is 0 Å². The van der Waals surface area contributed by atoms with E-state index in [0.29, 0.717) is 17.3 Å². The number of fused-ring (bicyclic) bond motifs is 3. The van der Waals surface area contributed by atoms with Gasteiger partial charge in [0, 0.05) is 22.7 Å². The molecule has 22 heavy (non-hydrogen) atoms. The van der Waals surface area contributed by atoms with Gasteiger partial charge in [-0.05, 0) is 12.5 Å². The standard InChI is InChI=1S/C17H19N3OS/c1-4-10-20-16(21)15-14(19-17(20)22-11(3)5-2)12-8-6-7-9-13(12)18-15/h4,6-9,11,18H,1,5,10H2,2-3H3/t11-/m0/s1. The number of allylic oxidation sites excluding steroid dienone is 1. The second kappa shape index (κ2) is 6.01. The van der Waals surface area contributed by atoms with E-state index < -0.39 is 0 Å². The summed E-state index contributed by atoms with van der Waals surface area (Å²) in [5.74, 6) is 0. The van der Waals surface area contributed by atoms with Crippen LogP contribution >= 0.6 is 11.8 Å². The predicted molar refractivity (Wildman–Crippen MR) is 93.7 cm³/mol. The van der Waals surface area contributed by atoms with Gasteiger partial charge in [-0.3, -0.25) is 9.36 Å². The molecule has 0 bridgehead atoms. The van der Waals surface area contributed by atoms with E-state index in [1.807, 2.05) is 24.3 Å². The lowest BCUT2D eigenvalue weighted by molar-refractivity contribution is 0.668. The van der Waals surface area contributed by atoms with E-state index in [1.165, 1.54) is 0 Å². The highest BCUT2D eigenvalue weighted by molar-refractivity contribution is 7.99. The van der Waals surface area contributed by atoms with E-state index in [0.717, 1.165) is 28.0 Å². The molecule has 0 aliphatic heterocycles. The third-order valence-corrected chi connectivity index (χ3v) is 5.03. The van der Waals surface area contributed by atoms with E-state index in [9.17, 15) is 4.79 Å². The molecule has 1 aromatic carbocycles. The molecule has 0 spiro atoms. The number of nitrogens with one attached hydrogen (secondary N) is 1. The van der Waals surface area contributed by atoms with Crippen LogP contribution in [0.4, 0.5) is 0 Å². The van der Waals surface area contributed by atoms with Crippen molar-refractivity contribution in [2.45, 2.75) is 37.2 Å². The molecule has 0 aliphatic carbocycles. The van der Waals surface area contributed by atoms with Crippen molar-refractivity contribution in [2.24, 2.45) is 0 Å². The van der Waals surface area contributed by atoms with Crippen LogP contribution in [0.15, 0.2) is 46.9 Å². The SMILES string of the molecule is C=CCn1c(S[C@@H](C)CC)nc2c([nH]c3ccccc32)c1=O. The van der Waals surface area contributed by atoms with Crippen molar-refractivity contribution in [3.8, 4) is 0 Å². The number of nitrogens with zero attached hydrogens (tertiary/aromatic N) is 2. The summed E-state index contributed by atoms with van der Waals surface area (Å²) in [5, 5.41) is 2.16. The van der Waals surface area contributed by atoms with Gasteiger partial charge in [-0.2, -0.15) is 0 Å². The zero-order chi connectivity index (χ0) is 15.7. The highest BCUT2D eigenvalue weighted by Crippen LogP contribution is 2.27. The highest BCUT2D eigenvalue weighted by atomic mass is 32.2. The maximum atomic E-state index is 12.8. The van der Waals surface area contributed by atoms with Gasteiger partial charge in [0.15, 0.2) is 5.16 Å². The molecular weight excluding hydrogens is 294 g/mol. The topological polar surface area (TPSA) is 50.7 Å². The molecule has 3 aromatic rings. The van der Waals surface area contributed by atoms with Crippen LogP contribution in [-0.2, 0) is 6.54 Å².